The Morgan fingerprint density at radius 3 is 2.80 bits per heavy atom. The summed E-state index contributed by atoms with van der Waals surface area (Å²) in [6, 6.07) is 9.00. The zero-order valence-electron chi connectivity index (χ0n) is 12.2. The molecule has 108 valence electrons. The Labute approximate surface area is 120 Å². The molecule has 2 rings (SSSR count). The Bertz CT molecular complexity index is 493. The number of benzene rings is 1. The number of nitrogens with one attached hydrogen (secondary N) is 1. The van der Waals surface area contributed by atoms with E-state index in [0.717, 1.165) is 31.5 Å². The molecule has 0 heterocycles. The molecule has 1 aromatic rings. The maximum atomic E-state index is 13.3. The van der Waals surface area contributed by atoms with Gasteiger partial charge in [0.1, 0.15) is 11.4 Å². The number of likely N-dealkylation sites (N-methyl/N-ethyl adjacent to an activating group) is 1. The molecular weight excluding hydrogens is 253 g/mol. The van der Waals surface area contributed by atoms with Crippen LogP contribution in [0.3, 0.4) is 0 Å². The fourth-order valence-electron chi connectivity index (χ4n) is 2.60. The molecule has 1 N–H and O–H groups in total. The Balaban J connectivity index is 2.13. The average Bonchev–Trinajstić information content (AvgIpc) is 3.28. The van der Waals surface area contributed by atoms with Crippen LogP contribution in [0.15, 0.2) is 24.3 Å². The van der Waals surface area contributed by atoms with Crippen molar-refractivity contribution in [1.82, 2.24) is 5.32 Å². The lowest BCUT2D eigenvalue weighted by molar-refractivity contribution is 0.369. The van der Waals surface area contributed by atoms with Gasteiger partial charge >= 0.3 is 0 Å². The minimum atomic E-state index is -0.517. The molecular formula is C16H22FN3. The zero-order chi connectivity index (χ0) is 14.6. The first-order valence-electron chi connectivity index (χ1n) is 7.24. The molecule has 1 aromatic carbocycles. The Morgan fingerprint density at radius 2 is 2.25 bits per heavy atom. The van der Waals surface area contributed by atoms with Gasteiger partial charge in [0.05, 0.1) is 6.07 Å². The molecule has 3 nitrogen and oxygen atoms in total. The summed E-state index contributed by atoms with van der Waals surface area (Å²) in [6.45, 7) is 3.51. The number of hydrogen-bond donors (Lipinski definition) is 1. The van der Waals surface area contributed by atoms with Crippen molar-refractivity contribution >= 4 is 5.69 Å². The summed E-state index contributed by atoms with van der Waals surface area (Å²) in [5.74, 6) is 0.167. The van der Waals surface area contributed by atoms with Crippen LogP contribution in [0.4, 0.5) is 10.1 Å². The molecule has 1 aliphatic carbocycles. The minimum absolute atomic E-state index is 0.246. The van der Waals surface area contributed by atoms with Crippen molar-refractivity contribution < 1.29 is 4.39 Å². The van der Waals surface area contributed by atoms with Crippen LogP contribution in [0, 0.1) is 23.1 Å². The summed E-state index contributed by atoms with van der Waals surface area (Å²) >= 11 is 0. The highest BCUT2D eigenvalue weighted by Crippen LogP contribution is 2.40. The van der Waals surface area contributed by atoms with Gasteiger partial charge in [-0.05, 0) is 49.9 Å². The number of rotatable bonds is 7. The van der Waals surface area contributed by atoms with E-state index in [-0.39, 0.29) is 5.82 Å². The van der Waals surface area contributed by atoms with Crippen molar-refractivity contribution in [3.8, 4) is 6.07 Å². The maximum absolute atomic E-state index is 13.3. The van der Waals surface area contributed by atoms with E-state index in [1.807, 2.05) is 18.0 Å². The first-order valence-corrected chi connectivity index (χ1v) is 7.24. The van der Waals surface area contributed by atoms with E-state index in [9.17, 15) is 9.65 Å². The van der Waals surface area contributed by atoms with Gasteiger partial charge in [0.2, 0.25) is 0 Å². The van der Waals surface area contributed by atoms with Gasteiger partial charge in [-0.2, -0.15) is 5.26 Å². The third kappa shape index (κ3) is 3.29. The van der Waals surface area contributed by atoms with Gasteiger partial charge < -0.3 is 4.90 Å². The third-order valence-electron chi connectivity index (χ3n) is 3.90. The van der Waals surface area contributed by atoms with Gasteiger partial charge in [-0.25, -0.2) is 4.39 Å². The van der Waals surface area contributed by atoms with Crippen LogP contribution in [0.1, 0.15) is 26.2 Å². The summed E-state index contributed by atoms with van der Waals surface area (Å²) in [5, 5.41) is 13.1. The summed E-state index contributed by atoms with van der Waals surface area (Å²) in [5.41, 5.74) is 0.292. The predicted octanol–water partition coefficient (Wildman–Crippen LogP) is 2.93. The van der Waals surface area contributed by atoms with Gasteiger partial charge in [-0.15, -0.1) is 0 Å². The average molecular weight is 275 g/mol. The molecule has 0 aliphatic heterocycles. The monoisotopic (exact) mass is 275 g/mol. The van der Waals surface area contributed by atoms with Crippen molar-refractivity contribution in [2.75, 3.05) is 25.0 Å². The highest BCUT2D eigenvalue weighted by molar-refractivity contribution is 5.47. The lowest BCUT2D eigenvalue weighted by Gasteiger charge is -2.33. The van der Waals surface area contributed by atoms with Crippen molar-refractivity contribution in [2.24, 2.45) is 5.92 Å². The topological polar surface area (TPSA) is 39.1 Å². The highest BCUT2D eigenvalue weighted by atomic mass is 19.1. The summed E-state index contributed by atoms with van der Waals surface area (Å²) in [6.07, 6.45) is 3.20. The molecule has 20 heavy (non-hydrogen) atoms. The largest absolute Gasteiger partial charge is 0.372 e. The number of nitrogens with zero attached hydrogens (tertiary/aromatic N) is 2. The first-order chi connectivity index (χ1) is 9.61. The van der Waals surface area contributed by atoms with Gasteiger partial charge in [0.25, 0.3) is 0 Å². The molecule has 0 amide bonds. The predicted molar refractivity (Wildman–Crippen MR) is 79.0 cm³/mol. The van der Waals surface area contributed by atoms with E-state index in [0.29, 0.717) is 12.5 Å². The summed E-state index contributed by atoms with van der Waals surface area (Å²) in [7, 11) is 1.91. The highest BCUT2D eigenvalue weighted by Gasteiger charge is 2.46. The van der Waals surface area contributed by atoms with E-state index >= 15 is 0 Å². The first kappa shape index (κ1) is 14.8. The SMILES string of the molecule is CCCNC(C#N)(CN(C)c1cccc(F)c1)C1CC1. The normalized spacial score (nSPS) is 17.3. The fraction of sp³-hybridized carbons (Fsp3) is 0.562. The molecule has 0 aromatic heterocycles. The molecule has 1 saturated carbocycles. The van der Waals surface area contributed by atoms with E-state index in [1.54, 1.807) is 6.07 Å². The van der Waals surface area contributed by atoms with E-state index in [2.05, 4.69) is 18.3 Å². The molecule has 1 unspecified atom stereocenters. The fourth-order valence-corrected chi connectivity index (χ4v) is 2.60. The summed E-state index contributed by atoms with van der Waals surface area (Å²) in [4.78, 5) is 1.97. The second kappa shape index (κ2) is 6.23. The van der Waals surface area contributed by atoms with Crippen LogP contribution < -0.4 is 10.2 Å². The van der Waals surface area contributed by atoms with Crippen molar-refractivity contribution in [2.45, 2.75) is 31.7 Å². The molecule has 1 aliphatic rings. The molecule has 0 spiro atoms. The van der Waals surface area contributed by atoms with Crippen LogP contribution >= 0.6 is 0 Å². The van der Waals surface area contributed by atoms with Crippen LogP contribution in [-0.4, -0.2) is 25.7 Å². The number of hydrogen-bond acceptors (Lipinski definition) is 3. The lowest BCUT2D eigenvalue weighted by Crippen LogP contribution is -2.54. The molecule has 1 fully saturated rings. The smallest absolute Gasteiger partial charge is 0.127 e. The molecule has 1 atom stereocenters. The quantitative estimate of drug-likeness (QED) is 0.831. The standard InChI is InChI=1S/C16H22FN3/c1-3-9-19-16(11-18,13-7-8-13)12-20(2)15-6-4-5-14(17)10-15/h4-6,10,13,19H,3,7-9,12H2,1-2H3. The van der Waals surface area contributed by atoms with Crippen molar-refractivity contribution in [3.05, 3.63) is 30.1 Å². The van der Waals surface area contributed by atoms with Gasteiger partial charge in [0.15, 0.2) is 0 Å². The number of anilines is 1. The van der Waals surface area contributed by atoms with Crippen molar-refractivity contribution in [1.29, 1.82) is 5.26 Å². The number of nitriles is 1. The number of halogens is 1. The zero-order valence-corrected chi connectivity index (χ0v) is 12.2. The van der Waals surface area contributed by atoms with Crippen LogP contribution in [0.25, 0.3) is 0 Å². The Kier molecular flexibility index (Phi) is 4.61. The minimum Gasteiger partial charge on any atom is -0.372 e. The van der Waals surface area contributed by atoms with Crippen LogP contribution in [0.2, 0.25) is 0 Å². The molecule has 0 bridgehead atoms. The van der Waals surface area contributed by atoms with E-state index < -0.39 is 5.54 Å². The lowest BCUT2D eigenvalue weighted by atomic mass is 9.93. The van der Waals surface area contributed by atoms with E-state index in [4.69, 9.17) is 0 Å². The summed E-state index contributed by atoms with van der Waals surface area (Å²) < 4.78 is 13.3. The Hall–Kier alpha value is -1.60. The molecule has 0 radical (unpaired) electrons. The maximum Gasteiger partial charge on any atom is 0.127 e. The second-order valence-electron chi connectivity index (χ2n) is 5.62. The Morgan fingerprint density at radius 1 is 1.50 bits per heavy atom. The van der Waals surface area contributed by atoms with E-state index in [1.165, 1.54) is 12.1 Å². The van der Waals surface area contributed by atoms with Crippen molar-refractivity contribution in [3.63, 3.8) is 0 Å². The van der Waals surface area contributed by atoms with Gasteiger partial charge in [0, 0.05) is 19.3 Å². The second-order valence-corrected chi connectivity index (χ2v) is 5.62. The van der Waals surface area contributed by atoms with Crippen LogP contribution in [-0.2, 0) is 0 Å². The molecule has 0 saturated heterocycles. The molecule has 4 heteroatoms. The third-order valence-corrected chi connectivity index (χ3v) is 3.90. The van der Waals surface area contributed by atoms with Gasteiger partial charge in [-0.3, -0.25) is 5.32 Å². The van der Waals surface area contributed by atoms with Gasteiger partial charge in [-0.1, -0.05) is 13.0 Å². The van der Waals surface area contributed by atoms with Crippen LogP contribution in [0.5, 0.6) is 0 Å².